The lowest BCUT2D eigenvalue weighted by Crippen LogP contribution is -2.21. The Morgan fingerprint density at radius 1 is 1.25 bits per heavy atom. The number of hydrogen-bond acceptors (Lipinski definition) is 5. The summed E-state index contributed by atoms with van der Waals surface area (Å²) >= 11 is 1.40. The van der Waals surface area contributed by atoms with Gasteiger partial charge in [-0.25, -0.2) is 4.98 Å². The van der Waals surface area contributed by atoms with E-state index in [9.17, 15) is 9.59 Å². The van der Waals surface area contributed by atoms with E-state index >= 15 is 0 Å². The van der Waals surface area contributed by atoms with Crippen molar-refractivity contribution >= 4 is 38.5 Å². The van der Waals surface area contributed by atoms with Crippen LogP contribution in [-0.2, 0) is 4.79 Å². The molecule has 0 radical (unpaired) electrons. The van der Waals surface area contributed by atoms with Crippen molar-refractivity contribution in [2.24, 2.45) is 5.73 Å². The molecular weight excluding hydrogens is 326 g/mol. The highest BCUT2D eigenvalue weighted by atomic mass is 32.1. The van der Waals surface area contributed by atoms with Crippen molar-refractivity contribution in [1.82, 2.24) is 4.98 Å². The molecule has 0 aliphatic heterocycles. The summed E-state index contributed by atoms with van der Waals surface area (Å²) in [6.07, 6.45) is 0. The van der Waals surface area contributed by atoms with Crippen molar-refractivity contribution in [3.8, 4) is 5.75 Å². The van der Waals surface area contributed by atoms with Crippen LogP contribution in [0.4, 0.5) is 5.13 Å². The third-order valence-corrected chi connectivity index (χ3v) is 4.20. The minimum atomic E-state index is -0.605. The lowest BCUT2D eigenvalue weighted by molar-refractivity contribution is -0.119. The van der Waals surface area contributed by atoms with Crippen molar-refractivity contribution in [3.63, 3.8) is 0 Å². The van der Waals surface area contributed by atoms with Crippen LogP contribution in [0.25, 0.3) is 10.2 Å². The van der Waals surface area contributed by atoms with E-state index < -0.39 is 5.91 Å². The number of anilines is 1. The number of amides is 2. The molecule has 1 aromatic heterocycles. The SMILES string of the molecule is Cc1ccc2nc(NC(=O)c3ccccc3OCC(N)=O)sc2c1. The molecule has 3 N–H and O–H groups in total. The molecule has 0 unspecified atom stereocenters. The zero-order chi connectivity index (χ0) is 17.1. The van der Waals surface area contributed by atoms with Crippen LogP contribution in [0.3, 0.4) is 0 Å². The summed E-state index contributed by atoms with van der Waals surface area (Å²) in [6, 6.07) is 12.6. The first-order chi connectivity index (χ1) is 11.5. The second-order valence-corrected chi connectivity index (χ2v) is 6.23. The molecular formula is C17H15N3O3S. The first-order valence-electron chi connectivity index (χ1n) is 7.21. The number of rotatable bonds is 5. The Bertz CT molecular complexity index is 920. The predicted molar refractivity (Wildman–Crippen MR) is 93.4 cm³/mol. The number of nitrogens with two attached hydrogens (primary N) is 1. The molecule has 0 aliphatic carbocycles. The van der Waals surface area contributed by atoms with Crippen LogP contribution >= 0.6 is 11.3 Å². The third kappa shape index (κ3) is 3.52. The fourth-order valence-electron chi connectivity index (χ4n) is 2.18. The van der Waals surface area contributed by atoms with Crippen LogP contribution in [0.15, 0.2) is 42.5 Å². The molecule has 0 bridgehead atoms. The Morgan fingerprint density at radius 2 is 2.04 bits per heavy atom. The first kappa shape index (κ1) is 15.9. The van der Waals surface area contributed by atoms with Gasteiger partial charge in [-0.2, -0.15) is 0 Å². The van der Waals surface area contributed by atoms with Crippen LogP contribution in [0.5, 0.6) is 5.75 Å². The van der Waals surface area contributed by atoms with E-state index in [2.05, 4.69) is 10.3 Å². The second kappa shape index (κ2) is 6.67. The van der Waals surface area contributed by atoms with Gasteiger partial charge in [0.25, 0.3) is 11.8 Å². The van der Waals surface area contributed by atoms with Crippen LogP contribution in [0.2, 0.25) is 0 Å². The Kier molecular flexibility index (Phi) is 4.43. The number of hydrogen-bond donors (Lipinski definition) is 2. The van der Waals surface area contributed by atoms with Crippen molar-refractivity contribution in [3.05, 3.63) is 53.6 Å². The van der Waals surface area contributed by atoms with E-state index in [1.54, 1.807) is 24.3 Å². The number of para-hydroxylation sites is 1. The monoisotopic (exact) mass is 341 g/mol. The highest BCUT2D eigenvalue weighted by molar-refractivity contribution is 7.22. The van der Waals surface area contributed by atoms with Gasteiger partial charge in [0.15, 0.2) is 11.7 Å². The Morgan fingerprint density at radius 3 is 2.83 bits per heavy atom. The van der Waals surface area contributed by atoms with Crippen LogP contribution in [0.1, 0.15) is 15.9 Å². The van der Waals surface area contributed by atoms with Gasteiger partial charge in [-0.1, -0.05) is 29.5 Å². The standard InChI is InChI=1S/C17H15N3O3S/c1-10-6-7-12-14(8-10)24-17(19-12)20-16(22)11-4-2-3-5-13(11)23-9-15(18)21/h2-8H,9H2,1H3,(H2,18,21)(H,19,20,22). The number of benzene rings is 2. The number of nitrogens with one attached hydrogen (secondary N) is 1. The summed E-state index contributed by atoms with van der Waals surface area (Å²) in [6.45, 7) is 1.72. The Balaban J connectivity index is 1.82. The topological polar surface area (TPSA) is 94.3 Å². The van der Waals surface area contributed by atoms with E-state index in [0.29, 0.717) is 16.4 Å². The van der Waals surface area contributed by atoms with E-state index in [4.69, 9.17) is 10.5 Å². The van der Waals surface area contributed by atoms with Gasteiger partial charge in [0.2, 0.25) is 0 Å². The van der Waals surface area contributed by atoms with Gasteiger partial charge in [0.05, 0.1) is 15.8 Å². The Labute approximate surface area is 142 Å². The smallest absolute Gasteiger partial charge is 0.261 e. The molecule has 0 fully saturated rings. The van der Waals surface area contributed by atoms with Gasteiger partial charge in [-0.05, 0) is 36.8 Å². The number of carbonyl (C=O) groups excluding carboxylic acids is 2. The van der Waals surface area contributed by atoms with Gasteiger partial charge in [-0.3, -0.25) is 14.9 Å². The van der Waals surface area contributed by atoms with E-state index in [1.807, 2.05) is 25.1 Å². The lowest BCUT2D eigenvalue weighted by Gasteiger charge is -2.09. The molecule has 2 amide bonds. The molecule has 6 nitrogen and oxygen atoms in total. The molecule has 0 saturated carbocycles. The first-order valence-corrected chi connectivity index (χ1v) is 8.03. The minimum absolute atomic E-state index is 0.287. The molecule has 0 spiro atoms. The van der Waals surface area contributed by atoms with E-state index in [0.717, 1.165) is 15.8 Å². The average Bonchev–Trinajstić information content (AvgIpc) is 2.94. The summed E-state index contributed by atoms with van der Waals surface area (Å²) in [4.78, 5) is 27.7. The number of nitrogens with zero attached hydrogens (tertiary/aromatic N) is 1. The summed E-state index contributed by atoms with van der Waals surface area (Å²) in [5.74, 6) is -0.664. The summed E-state index contributed by atoms with van der Waals surface area (Å²) in [5, 5.41) is 3.27. The zero-order valence-electron chi connectivity index (χ0n) is 12.9. The van der Waals surface area contributed by atoms with E-state index in [1.165, 1.54) is 11.3 Å². The molecule has 2 aromatic carbocycles. The maximum Gasteiger partial charge on any atom is 0.261 e. The van der Waals surface area contributed by atoms with Crippen molar-refractivity contribution < 1.29 is 14.3 Å². The van der Waals surface area contributed by atoms with Crippen molar-refractivity contribution in [2.75, 3.05) is 11.9 Å². The predicted octanol–water partition coefficient (Wildman–Crippen LogP) is 2.72. The van der Waals surface area contributed by atoms with Crippen LogP contribution in [0, 0.1) is 6.92 Å². The molecule has 3 aromatic rings. The third-order valence-electron chi connectivity index (χ3n) is 3.27. The van der Waals surface area contributed by atoms with Gasteiger partial charge < -0.3 is 10.5 Å². The molecule has 3 rings (SSSR count). The molecule has 0 aliphatic rings. The number of primary amides is 1. The minimum Gasteiger partial charge on any atom is -0.483 e. The zero-order valence-corrected chi connectivity index (χ0v) is 13.7. The number of thiazole rings is 1. The average molecular weight is 341 g/mol. The quantitative estimate of drug-likeness (QED) is 0.746. The lowest BCUT2D eigenvalue weighted by atomic mass is 10.2. The number of ether oxygens (including phenoxy) is 1. The highest BCUT2D eigenvalue weighted by Crippen LogP contribution is 2.28. The summed E-state index contributed by atoms with van der Waals surface area (Å²) < 4.78 is 6.28. The normalized spacial score (nSPS) is 10.5. The van der Waals surface area contributed by atoms with Gasteiger partial charge in [0, 0.05) is 0 Å². The van der Waals surface area contributed by atoms with Gasteiger partial charge >= 0.3 is 0 Å². The number of carbonyl (C=O) groups is 2. The number of fused-ring (bicyclic) bond motifs is 1. The highest BCUT2D eigenvalue weighted by Gasteiger charge is 2.15. The molecule has 0 saturated heterocycles. The Hall–Kier alpha value is -2.93. The van der Waals surface area contributed by atoms with Crippen LogP contribution < -0.4 is 15.8 Å². The summed E-state index contributed by atoms with van der Waals surface area (Å²) in [5.41, 5.74) is 7.35. The fourth-order valence-corrected chi connectivity index (χ4v) is 3.14. The fraction of sp³-hybridized carbons (Fsp3) is 0.118. The maximum atomic E-state index is 12.5. The molecule has 7 heteroatoms. The van der Waals surface area contributed by atoms with Crippen molar-refractivity contribution in [2.45, 2.75) is 6.92 Å². The number of aromatic nitrogens is 1. The second-order valence-electron chi connectivity index (χ2n) is 5.20. The molecule has 24 heavy (non-hydrogen) atoms. The van der Waals surface area contributed by atoms with Gasteiger partial charge in [-0.15, -0.1) is 0 Å². The molecule has 1 heterocycles. The van der Waals surface area contributed by atoms with Crippen LogP contribution in [-0.4, -0.2) is 23.4 Å². The van der Waals surface area contributed by atoms with Gasteiger partial charge in [0.1, 0.15) is 5.75 Å². The van der Waals surface area contributed by atoms with Crippen molar-refractivity contribution in [1.29, 1.82) is 0 Å². The molecule has 0 atom stereocenters. The summed E-state index contributed by atoms with van der Waals surface area (Å²) in [7, 11) is 0. The molecule has 122 valence electrons. The van der Waals surface area contributed by atoms with E-state index in [-0.39, 0.29) is 12.5 Å². The maximum absolute atomic E-state index is 12.5. The number of aryl methyl sites for hydroxylation is 1. The largest absolute Gasteiger partial charge is 0.483 e.